The van der Waals surface area contributed by atoms with Crippen molar-refractivity contribution in [2.75, 3.05) is 0 Å². The molecule has 4 heteroatoms. The first-order valence-corrected chi connectivity index (χ1v) is 7.72. The topological polar surface area (TPSA) is 43.1 Å². The van der Waals surface area contributed by atoms with Crippen LogP contribution in [0.5, 0.6) is 0 Å². The van der Waals surface area contributed by atoms with E-state index in [1.54, 1.807) is 0 Å². The fraction of sp³-hybridized carbons (Fsp3) is 0.538. The van der Waals surface area contributed by atoms with Crippen molar-refractivity contribution in [3.63, 3.8) is 0 Å². The molecule has 1 rings (SSSR count). The van der Waals surface area contributed by atoms with E-state index in [9.17, 15) is 4.21 Å². The second kappa shape index (κ2) is 6.12. The molecule has 0 aromatic heterocycles. The number of hydrogen-bond donors (Lipinski definition) is 1. The molecule has 0 aliphatic carbocycles. The summed E-state index contributed by atoms with van der Waals surface area (Å²) in [5.41, 5.74) is 1.30. The summed E-state index contributed by atoms with van der Waals surface area (Å²) < 4.78 is 12.2. The van der Waals surface area contributed by atoms with Crippen molar-refractivity contribution in [3.8, 4) is 0 Å². The highest BCUT2D eigenvalue weighted by Crippen LogP contribution is 2.24. The first-order chi connectivity index (χ1) is 7.81. The summed E-state index contributed by atoms with van der Waals surface area (Å²) in [6.45, 7) is 6.09. The molecule has 0 bridgehead atoms. The lowest BCUT2D eigenvalue weighted by Gasteiger charge is -2.25. The molecule has 0 heterocycles. The zero-order valence-corrected chi connectivity index (χ0v) is 13.0. The first kappa shape index (κ1) is 14.9. The van der Waals surface area contributed by atoms with Gasteiger partial charge in [-0.25, -0.2) is 4.21 Å². The highest BCUT2D eigenvalue weighted by Gasteiger charge is 2.25. The van der Waals surface area contributed by atoms with E-state index in [-0.39, 0.29) is 4.75 Å². The van der Waals surface area contributed by atoms with Gasteiger partial charge in [-0.1, -0.05) is 35.0 Å². The number of nitrogens with two attached hydrogens (primary N) is 1. The van der Waals surface area contributed by atoms with E-state index >= 15 is 0 Å². The van der Waals surface area contributed by atoms with Gasteiger partial charge >= 0.3 is 0 Å². The maximum atomic E-state index is 11.4. The molecule has 1 unspecified atom stereocenters. The molecule has 17 heavy (non-hydrogen) atoms. The summed E-state index contributed by atoms with van der Waals surface area (Å²) in [7, 11) is -1.27. The van der Waals surface area contributed by atoms with Crippen molar-refractivity contribution >= 4 is 26.9 Å². The Morgan fingerprint density at radius 3 is 2.65 bits per heavy atom. The summed E-state index contributed by atoms with van der Waals surface area (Å²) in [6.07, 6.45) is 1.85. The molecular weight excluding hydrogens is 298 g/mol. The number of benzene rings is 1. The number of halogens is 1. The highest BCUT2D eigenvalue weighted by molar-refractivity contribution is 9.10. The molecule has 2 N–H and O–H groups in total. The molecule has 0 aliphatic heterocycles. The maximum Gasteiger partial charge on any atom is 0.0945 e. The molecule has 0 amide bonds. The molecule has 0 spiro atoms. The third-order valence-corrected chi connectivity index (χ3v) is 4.61. The van der Waals surface area contributed by atoms with Crippen molar-refractivity contribution in [3.05, 3.63) is 34.3 Å². The van der Waals surface area contributed by atoms with Crippen LogP contribution in [0, 0.1) is 5.92 Å². The van der Waals surface area contributed by atoms with Crippen molar-refractivity contribution in [2.24, 2.45) is 11.1 Å². The van der Waals surface area contributed by atoms with Crippen LogP contribution >= 0.6 is 15.9 Å². The molecule has 0 saturated carbocycles. The molecule has 0 aliphatic rings. The van der Waals surface area contributed by atoms with Crippen LogP contribution in [-0.4, -0.2) is 8.96 Å². The van der Waals surface area contributed by atoms with Gasteiger partial charge in [-0.2, -0.15) is 0 Å². The SMILES string of the molecule is C[C@@H](Cc1cccc(Br)c1)CC(C)(C)S(N)=O. The predicted molar refractivity (Wildman–Crippen MR) is 78.0 cm³/mol. The van der Waals surface area contributed by atoms with E-state index in [0.717, 1.165) is 17.3 Å². The Labute approximate surface area is 115 Å². The van der Waals surface area contributed by atoms with Crippen molar-refractivity contribution < 1.29 is 4.21 Å². The molecular formula is C13H20BrNOS. The van der Waals surface area contributed by atoms with Gasteiger partial charge in [-0.15, -0.1) is 0 Å². The average Bonchev–Trinajstić information content (AvgIpc) is 2.15. The highest BCUT2D eigenvalue weighted by atomic mass is 79.9. The standard InChI is InChI=1S/C13H20BrNOS/c1-10(9-13(2,3)17(15)16)7-11-5-4-6-12(14)8-11/h4-6,8,10H,7,9,15H2,1-3H3/t10-,17?/m0/s1. The molecule has 2 nitrogen and oxygen atoms in total. The average molecular weight is 318 g/mol. The van der Waals surface area contributed by atoms with Gasteiger partial charge in [0.05, 0.1) is 15.7 Å². The molecule has 1 aromatic carbocycles. The largest absolute Gasteiger partial charge is 0.251 e. The maximum absolute atomic E-state index is 11.4. The van der Waals surface area contributed by atoms with Crippen LogP contribution in [0.3, 0.4) is 0 Å². The lowest BCUT2D eigenvalue weighted by molar-refractivity contribution is 0.455. The Balaban J connectivity index is 2.61. The zero-order chi connectivity index (χ0) is 13.1. The Kier molecular flexibility index (Phi) is 5.35. The van der Waals surface area contributed by atoms with Crippen molar-refractivity contribution in [1.82, 2.24) is 0 Å². The third kappa shape index (κ3) is 4.90. The van der Waals surface area contributed by atoms with Crippen LogP contribution in [0.1, 0.15) is 32.8 Å². The molecule has 1 aromatic rings. The van der Waals surface area contributed by atoms with E-state index in [1.807, 2.05) is 26.0 Å². The van der Waals surface area contributed by atoms with E-state index in [2.05, 4.69) is 35.0 Å². The third-order valence-electron chi connectivity index (χ3n) is 2.86. The second-order valence-corrected chi connectivity index (χ2v) is 7.82. The molecule has 2 atom stereocenters. The zero-order valence-electron chi connectivity index (χ0n) is 10.6. The minimum atomic E-state index is -1.27. The summed E-state index contributed by atoms with van der Waals surface area (Å²) in [6, 6.07) is 8.31. The van der Waals surface area contributed by atoms with E-state index in [0.29, 0.717) is 5.92 Å². The monoisotopic (exact) mass is 317 g/mol. The van der Waals surface area contributed by atoms with E-state index < -0.39 is 11.0 Å². The van der Waals surface area contributed by atoms with Crippen LogP contribution < -0.4 is 5.14 Å². The van der Waals surface area contributed by atoms with Crippen molar-refractivity contribution in [1.29, 1.82) is 0 Å². The lowest BCUT2D eigenvalue weighted by Crippen LogP contribution is -2.34. The smallest absolute Gasteiger partial charge is 0.0945 e. The van der Waals surface area contributed by atoms with Crippen LogP contribution in [0.4, 0.5) is 0 Å². The van der Waals surface area contributed by atoms with Gasteiger partial charge in [0.15, 0.2) is 0 Å². The minimum Gasteiger partial charge on any atom is -0.251 e. The summed E-state index contributed by atoms with van der Waals surface area (Å²) in [5.74, 6) is 0.465. The van der Waals surface area contributed by atoms with Gasteiger partial charge in [-0.3, -0.25) is 5.14 Å². The van der Waals surface area contributed by atoms with E-state index in [1.165, 1.54) is 5.56 Å². The van der Waals surface area contributed by atoms with Crippen LogP contribution in [-0.2, 0) is 17.4 Å². The summed E-state index contributed by atoms with van der Waals surface area (Å²) in [5, 5.41) is 5.50. The lowest BCUT2D eigenvalue weighted by atomic mass is 9.92. The van der Waals surface area contributed by atoms with Gasteiger partial charge in [0.1, 0.15) is 0 Å². The molecule has 0 fully saturated rings. The minimum absolute atomic E-state index is 0.314. The fourth-order valence-electron chi connectivity index (χ4n) is 2.06. The quantitative estimate of drug-likeness (QED) is 0.888. The van der Waals surface area contributed by atoms with Gasteiger partial charge < -0.3 is 0 Å². The van der Waals surface area contributed by atoms with E-state index in [4.69, 9.17) is 5.14 Å². The number of hydrogen-bond acceptors (Lipinski definition) is 1. The Hall–Kier alpha value is -0.190. The van der Waals surface area contributed by atoms with Crippen LogP contribution in [0.15, 0.2) is 28.7 Å². The Bertz CT molecular complexity index is 406. The molecule has 0 radical (unpaired) electrons. The molecule has 0 saturated heterocycles. The summed E-state index contributed by atoms with van der Waals surface area (Å²) >= 11 is 3.47. The van der Waals surface area contributed by atoms with Gasteiger partial charge in [0, 0.05) is 4.47 Å². The molecule has 96 valence electrons. The normalized spacial score (nSPS) is 15.6. The van der Waals surface area contributed by atoms with Gasteiger partial charge in [-0.05, 0) is 50.3 Å². The Morgan fingerprint density at radius 1 is 1.47 bits per heavy atom. The Morgan fingerprint density at radius 2 is 2.12 bits per heavy atom. The first-order valence-electron chi connectivity index (χ1n) is 5.72. The second-order valence-electron chi connectivity index (χ2n) is 5.20. The fourth-order valence-corrected chi connectivity index (χ4v) is 2.96. The van der Waals surface area contributed by atoms with Crippen molar-refractivity contribution in [2.45, 2.75) is 38.4 Å². The van der Waals surface area contributed by atoms with Crippen LogP contribution in [0.25, 0.3) is 0 Å². The predicted octanol–water partition coefficient (Wildman–Crippen LogP) is 3.42. The van der Waals surface area contributed by atoms with Crippen LogP contribution in [0.2, 0.25) is 0 Å². The number of rotatable bonds is 5. The van der Waals surface area contributed by atoms with Gasteiger partial charge in [0.25, 0.3) is 0 Å². The van der Waals surface area contributed by atoms with Gasteiger partial charge in [0.2, 0.25) is 0 Å². The summed E-state index contributed by atoms with van der Waals surface area (Å²) in [4.78, 5) is 0.